The SMILES string of the molecule is C=CC[C@@H]1C(C(=O)O)C[C@@H]2[C@@H]1C=CCCC21OCCO1. The molecule has 1 saturated carbocycles. The average molecular weight is 278 g/mol. The van der Waals surface area contributed by atoms with E-state index in [9.17, 15) is 9.90 Å². The summed E-state index contributed by atoms with van der Waals surface area (Å²) in [4.78, 5) is 11.6. The molecule has 0 aromatic rings. The largest absolute Gasteiger partial charge is 0.481 e. The van der Waals surface area contributed by atoms with E-state index in [4.69, 9.17) is 9.47 Å². The molecule has 0 bridgehead atoms. The van der Waals surface area contributed by atoms with Gasteiger partial charge in [0.15, 0.2) is 5.79 Å². The Kier molecular flexibility index (Phi) is 3.69. The normalized spacial score (nSPS) is 38.6. The minimum absolute atomic E-state index is 0.106. The smallest absolute Gasteiger partial charge is 0.306 e. The van der Waals surface area contributed by atoms with E-state index in [2.05, 4.69) is 18.7 Å². The molecule has 0 aromatic carbocycles. The number of rotatable bonds is 3. The Balaban J connectivity index is 1.94. The van der Waals surface area contributed by atoms with E-state index in [1.54, 1.807) is 0 Å². The first kappa shape index (κ1) is 13.8. The number of aliphatic carboxylic acids is 1. The Morgan fingerprint density at radius 3 is 2.85 bits per heavy atom. The topological polar surface area (TPSA) is 55.8 Å². The minimum Gasteiger partial charge on any atom is -0.481 e. The highest BCUT2D eigenvalue weighted by Gasteiger charge is 2.56. The molecule has 3 aliphatic rings. The second kappa shape index (κ2) is 5.34. The molecular formula is C16H22O4. The van der Waals surface area contributed by atoms with Gasteiger partial charge in [0.2, 0.25) is 0 Å². The van der Waals surface area contributed by atoms with Gasteiger partial charge < -0.3 is 14.6 Å². The molecule has 20 heavy (non-hydrogen) atoms. The first-order chi connectivity index (χ1) is 9.68. The van der Waals surface area contributed by atoms with Gasteiger partial charge in [-0.25, -0.2) is 0 Å². The number of carboxylic acid groups (broad SMARTS) is 1. The highest BCUT2D eigenvalue weighted by molar-refractivity contribution is 5.71. The Bertz CT molecular complexity index is 422. The van der Waals surface area contributed by atoms with Crippen LogP contribution in [0.2, 0.25) is 0 Å². The van der Waals surface area contributed by atoms with Crippen molar-refractivity contribution in [3.05, 3.63) is 24.8 Å². The maximum Gasteiger partial charge on any atom is 0.306 e. The van der Waals surface area contributed by atoms with E-state index in [1.165, 1.54) is 0 Å². The van der Waals surface area contributed by atoms with Crippen molar-refractivity contribution in [3.63, 3.8) is 0 Å². The maximum atomic E-state index is 11.6. The van der Waals surface area contributed by atoms with Crippen LogP contribution >= 0.6 is 0 Å². The van der Waals surface area contributed by atoms with Crippen LogP contribution in [0, 0.1) is 23.7 Å². The molecule has 1 saturated heterocycles. The van der Waals surface area contributed by atoms with Crippen LogP contribution in [-0.4, -0.2) is 30.1 Å². The fraction of sp³-hybridized carbons (Fsp3) is 0.688. The van der Waals surface area contributed by atoms with E-state index in [1.807, 2.05) is 6.08 Å². The molecule has 3 rings (SSSR count). The standard InChI is InChI=1S/C16H22O4/c1-2-5-11-12-6-3-4-7-16(19-8-9-20-16)14(12)10-13(11)15(17)18/h2-3,6,11-14H,1,4-5,7-10H2,(H,17,18)/t11-,12+,13?,14+/m0/s1. The molecule has 1 heterocycles. The van der Waals surface area contributed by atoms with Crippen LogP contribution in [0.5, 0.6) is 0 Å². The van der Waals surface area contributed by atoms with Gasteiger partial charge in [0.05, 0.1) is 19.1 Å². The van der Waals surface area contributed by atoms with E-state index >= 15 is 0 Å². The lowest BCUT2D eigenvalue weighted by Crippen LogP contribution is -2.40. The second-order valence-electron chi connectivity index (χ2n) is 6.03. The van der Waals surface area contributed by atoms with Crippen molar-refractivity contribution in [2.24, 2.45) is 23.7 Å². The summed E-state index contributed by atoms with van der Waals surface area (Å²) in [5.41, 5.74) is 0. The first-order valence-electron chi connectivity index (χ1n) is 7.46. The van der Waals surface area contributed by atoms with E-state index in [0.29, 0.717) is 19.6 Å². The van der Waals surface area contributed by atoms with Crippen molar-refractivity contribution in [2.45, 2.75) is 31.5 Å². The number of ether oxygens (including phenoxy) is 2. The quantitative estimate of drug-likeness (QED) is 0.806. The minimum atomic E-state index is -0.702. The van der Waals surface area contributed by atoms with E-state index in [0.717, 1.165) is 19.3 Å². The Morgan fingerprint density at radius 2 is 2.20 bits per heavy atom. The molecule has 1 N–H and O–H groups in total. The lowest BCUT2D eigenvalue weighted by Gasteiger charge is -2.35. The summed E-state index contributed by atoms with van der Waals surface area (Å²) in [6, 6.07) is 0. The zero-order valence-corrected chi connectivity index (χ0v) is 11.7. The number of carboxylic acids is 1. The van der Waals surface area contributed by atoms with Gasteiger partial charge >= 0.3 is 5.97 Å². The molecule has 0 amide bonds. The van der Waals surface area contributed by atoms with Gasteiger partial charge in [0, 0.05) is 12.3 Å². The highest BCUT2D eigenvalue weighted by Crippen LogP contribution is 2.53. The van der Waals surface area contributed by atoms with E-state index < -0.39 is 11.8 Å². The molecule has 1 spiro atoms. The van der Waals surface area contributed by atoms with Gasteiger partial charge in [0.1, 0.15) is 0 Å². The molecule has 1 unspecified atom stereocenters. The molecule has 0 radical (unpaired) electrons. The molecule has 4 nitrogen and oxygen atoms in total. The van der Waals surface area contributed by atoms with Gasteiger partial charge in [-0.15, -0.1) is 6.58 Å². The third kappa shape index (κ3) is 2.11. The van der Waals surface area contributed by atoms with Crippen molar-refractivity contribution in [3.8, 4) is 0 Å². The van der Waals surface area contributed by atoms with Crippen LogP contribution in [0.25, 0.3) is 0 Å². The summed E-state index contributed by atoms with van der Waals surface area (Å²) in [6.45, 7) is 5.02. The number of fused-ring (bicyclic) bond motifs is 2. The fourth-order valence-electron chi connectivity index (χ4n) is 4.27. The summed E-state index contributed by atoms with van der Waals surface area (Å²) < 4.78 is 11.9. The van der Waals surface area contributed by atoms with Gasteiger partial charge in [-0.1, -0.05) is 18.2 Å². The molecule has 2 aliphatic carbocycles. The van der Waals surface area contributed by atoms with Crippen LogP contribution in [0.4, 0.5) is 0 Å². The van der Waals surface area contributed by atoms with Crippen LogP contribution in [0.3, 0.4) is 0 Å². The molecule has 4 atom stereocenters. The van der Waals surface area contributed by atoms with Crippen molar-refractivity contribution in [1.29, 1.82) is 0 Å². The number of hydrogen-bond acceptors (Lipinski definition) is 3. The number of allylic oxidation sites excluding steroid dienone is 3. The van der Waals surface area contributed by atoms with Crippen LogP contribution in [-0.2, 0) is 14.3 Å². The predicted molar refractivity (Wildman–Crippen MR) is 74.0 cm³/mol. The first-order valence-corrected chi connectivity index (χ1v) is 7.46. The molecule has 2 fully saturated rings. The number of hydrogen-bond donors (Lipinski definition) is 1. The zero-order valence-electron chi connectivity index (χ0n) is 11.7. The lowest BCUT2D eigenvalue weighted by molar-refractivity contribution is -0.204. The van der Waals surface area contributed by atoms with Crippen molar-refractivity contribution < 1.29 is 19.4 Å². The molecule has 110 valence electrons. The summed E-state index contributed by atoms with van der Waals surface area (Å²) in [7, 11) is 0. The predicted octanol–water partition coefficient (Wildman–Crippen LogP) is 2.61. The molecule has 4 heteroatoms. The molecular weight excluding hydrogens is 256 g/mol. The van der Waals surface area contributed by atoms with Crippen LogP contribution in [0.15, 0.2) is 24.8 Å². The molecule has 0 aromatic heterocycles. The Labute approximate surface area is 119 Å². The average Bonchev–Trinajstić information content (AvgIpc) is 2.96. The van der Waals surface area contributed by atoms with Gasteiger partial charge in [0.25, 0.3) is 0 Å². The number of carbonyl (C=O) groups is 1. The summed E-state index contributed by atoms with van der Waals surface area (Å²) in [5.74, 6) is -1.11. The Morgan fingerprint density at radius 1 is 1.45 bits per heavy atom. The summed E-state index contributed by atoms with van der Waals surface area (Å²) >= 11 is 0. The van der Waals surface area contributed by atoms with Crippen LogP contribution in [0.1, 0.15) is 25.7 Å². The third-order valence-electron chi connectivity index (χ3n) is 5.10. The third-order valence-corrected chi connectivity index (χ3v) is 5.10. The van der Waals surface area contributed by atoms with Gasteiger partial charge in [-0.2, -0.15) is 0 Å². The molecule has 1 aliphatic heterocycles. The van der Waals surface area contributed by atoms with Crippen molar-refractivity contribution in [2.75, 3.05) is 13.2 Å². The maximum absolute atomic E-state index is 11.6. The zero-order chi connectivity index (χ0) is 14.2. The monoisotopic (exact) mass is 278 g/mol. The lowest BCUT2D eigenvalue weighted by atomic mass is 9.82. The van der Waals surface area contributed by atoms with Crippen LogP contribution < -0.4 is 0 Å². The fourth-order valence-corrected chi connectivity index (χ4v) is 4.27. The summed E-state index contributed by atoms with van der Waals surface area (Å²) in [6.07, 6.45) is 9.34. The highest BCUT2D eigenvalue weighted by atomic mass is 16.7. The Hall–Kier alpha value is -1.13. The van der Waals surface area contributed by atoms with Gasteiger partial charge in [-0.3, -0.25) is 4.79 Å². The van der Waals surface area contributed by atoms with Gasteiger partial charge in [-0.05, 0) is 31.1 Å². The second-order valence-corrected chi connectivity index (χ2v) is 6.03. The van der Waals surface area contributed by atoms with Crippen molar-refractivity contribution >= 4 is 5.97 Å². The van der Waals surface area contributed by atoms with E-state index in [-0.39, 0.29) is 23.7 Å². The summed E-state index contributed by atoms with van der Waals surface area (Å²) in [5, 5.41) is 9.52. The van der Waals surface area contributed by atoms with Crippen molar-refractivity contribution in [1.82, 2.24) is 0 Å².